The van der Waals surface area contributed by atoms with Gasteiger partial charge in [-0.05, 0) is 30.5 Å². The van der Waals surface area contributed by atoms with Crippen LogP contribution in [-0.4, -0.2) is 27.8 Å². The number of carbonyl (C=O) groups is 1. The summed E-state index contributed by atoms with van der Waals surface area (Å²) in [5.41, 5.74) is 4.24. The van der Waals surface area contributed by atoms with Crippen LogP contribution in [0.1, 0.15) is 11.1 Å². The van der Waals surface area contributed by atoms with Crippen molar-refractivity contribution in [3.05, 3.63) is 57.7 Å². The molecular formula is C20H21N3O2S2. The Balaban J connectivity index is 1.97. The van der Waals surface area contributed by atoms with E-state index in [0.717, 1.165) is 11.1 Å². The number of benzene rings is 1. The van der Waals surface area contributed by atoms with E-state index in [0.29, 0.717) is 21.9 Å². The number of carbonyl (C=O) groups excluding carboxylic acids is 1. The fourth-order valence-corrected chi connectivity index (χ4v) is 4.46. The molecule has 1 amide bonds. The number of aryl methyl sites for hydroxylation is 2. The molecule has 0 aliphatic rings. The highest BCUT2D eigenvalue weighted by atomic mass is 32.2. The number of thioether (sulfide) groups is 1. The molecule has 1 aromatic carbocycles. The average molecular weight is 400 g/mol. The first-order chi connectivity index (χ1) is 12.9. The molecule has 0 aliphatic carbocycles. The van der Waals surface area contributed by atoms with Crippen LogP contribution in [-0.2, 0) is 11.8 Å². The van der Waals surface area contributed by atoms with Gasteiger partial charge in [0, 0.05) is 24.5 Å². The van der Waals surface area contributed by atoms with Crippen molar-refractivity contribution in [2.75, 3.05) is 12.3 Å². The molecule has 0 saturated heterocycles. The number of hydrogen-bond donors (Lipinski definition) is 1. The molecular weight excluding hydrogens is 378 g/mol. The Hall–Kier alpha value is -2.38. The van der Waals surface area contributed by atoms with Crippen LogP contribution in [0.5, 0.6) is 0 Å². The number of nitrogens with zero attached hydrogens (tertiary/aromatic N) is 2. The Morgan fingerprint density at radius 3 is 2.85 bits per heavy atom. The normalized spacial score (nSPS) is 10.9. The summed E-state index contributed by atoms with van der Waals surface area (Å²) in [5.74, 6) is 0.0888. The zero-order valence-electron chi connectivity index (χ0n) is 15.5. The van der Waals surface area contributed by atoms with Crippen molar-refractivity contribution in [3.63, 3.8) is 0 Å². The molecule has 0 saturated carbocycles. The van der Waals surface area contributed by atoms with Gasteiger partial charge in [-0.3, -0.25) is 14.2 Å². The fourth-order valence-electron chi connectivity index (χ4n) is 2.67. The fraction of sp³-hybridized carbons (Fsp3) is 0.250. The highest BCUT2D eigenvalue weighted by Gasteiger charge is 2.16. The van der Waals surface area contributed by atoms with Crippen molar-refractivity contribution < 1.29 is 4.79 Å². The standard InChI is InChI=1S/C20H21N3O2S2/c1-5-8-21-16(24)11-27-20-22-18-17(19(25)23(20)4)15(10-26-18)14-7-6-12(2)13(3)9-14/h5-7,9-10H,1,8,11H2,2-4H3,(H,21,24). The number of hydrogen-bond acceptors (Lipinski definition) is 5. The monoisotopic (exact) mass is 399 g/mol. The Bertz CT molecular complexity index is 1080. The highest BCUT2D eigenvalue weighted by Crippen LogP contribution is 2.32. The van der Waals surface area contributed by atoms with E-state index in [-0.39, 0.29) is 17.2 Å². The third kappa shape index (κ3) is 3.99. The molecule has 2 aromatic heterocycles. The van der Waals surface area contributed by atoms with E-state index in [9.17, 15) is 9.59 Å². The van der Waals surface area contributed by atoms with Gasteiger partial charge in [0.25, 0.3) is 5.56 Å². The second-order valence-electron chi connectivity index (χ2n) is 6.27. The summed E-state index contributed by atoms with van der Waals surface area (Å²) in [6, 6.07) is 6.21. The Kier molecular flexibility index (Phi) is 5.82. The number of thiophene rings is 1. The van der Waals surface area contributed by atoms with E-state index in [1.807, 2.05) is 11.4 Å². The molecule has 0 aliphatic heterocycles. The van der Waals surface area contributed by atoms with Crippen LogP contribution in [0.3, 0.4) is 0 Å². The van der Waals surface area contributed by atoms with Crippen LogP contribution in [0.25, 0.3) is 21.3 Å². The predicted octanol–water partition coefficient (Wildman–Crippen LogP) is 3.67. The molecule has 0 atom stereocenters. The number of aromatic nitrogens is 2. The van der Waals surface area contributed by atoms with Gasteiger partial charge in [-0.25, -0.2) is 4.98 Å². The largest absolute Gasteiger partial charge is 0.352 e. The minimum absolute atomic E-state index is 0.0940. The van der Waals surface area contributed by atoms with Gasteiger partial charge in [0.2, 0.25) is 5.91 Å². The molecule has 2 heterocycles. The first-order valence-electron chi connectivity index (χ1n) is 8.48. The summed E-state index contributed by atoms with van der Waals surface area (Å²) < 4.78 is 1.52. The SMILES string of the molecule is C=CCNC(=O)CSc1nc2scc(-c3ccc(C)c(C)c3)c2c(=O)n1C. The van der Waals surface area contributed by atoms with Gasteiger partial charge >= 0.3 is 0 Å². The molecule has 0 bridgehead atoms. The third-order valence-electron chi connectivity index (χ3n) is 4.37. The van der Waals surface area contributed by atoms with E-state index in [1.165, 1.54) is 38.8 Å². The van der Waals surface area contributed by atoms with Crippen LogP contribution < -0.4 is 10.9 Å². The highest BCUT2D eigenvalue weighted by molar-refractivity contribution is 7.99. The van der Waals surface area contributed by atoms with E-state index in [1.54, 1.807) is 13.1 Å². The van der Waals surface area contributed by atoms with Crippen molar-refractivity contribution in [3.8, 4) is 11.1 Å². The Morgan fingerprint density at radius 1 is 1.37 bits per heavy atom. The first kappa shape index (κ1) is 19.4. The van der Waals surface area contributed by atoms with Crippen LogP contribution >= 0.6 is 23.1 Å². The predicted molar refractivity (Wildman–Crippen MR) is 114 cm³/mol. The molecule has 3 rings (SSSR count). The molecule has 0 fully saturated rings. The lowest BCUT2D eigenvalue weighted by Gasteiger charge is -2.08. The van der Waals surface area contributed by atoms with E-state index in [4.69, 9.17) is 0 Å². The van der Waals surface area contributed by atoms with Gasteiger partial charge in [-0.15, -0.1) is 17.9 Å². The maximum absolute atomic E-state index is 13.0. The van der Waals surface area contributed by atoms with Crippen LogP contribution in [0.2, 0.25) is 0 Å². The number of amides is 1. The van der Waals surface area contributed by atoms with E-state index < -0.39 is 0 Å². The van der Waals surface area contributed by atoms with Crippen molar-refractivity contribution in [2.45, 2.75) is 19.0 Å². The van der Waals surface area contributed by atoms with E-state index in [2.05, 4.69) is 42.9 Å². The lowest BCUT2D eigenvalue weighted by atomic mass is 10.0. The van der Waals surface area contributed by atoms with Crippen LogP contribution in [0, 0.1) is 13.8 Å². The molecule has 0 radical (unpaired) electrons. The summed E-state index contributed by atoms with van der Waals surface area (Å²) in [4.78, 5) is 30.1. The maximum atomic E-state index is 13.0. The van der Waals surface area contributed by atoms with Crippen LogP contribution in [0.15, 0.2) is 46.2 Å². The smallest absolute Gasteiger partial charge is 0.263 e. The zero-order valence-corrected chi connectivity index (χ0v) is 17.2. The van der Waals surface area contributed by atoms with Gasteiger partial charge in [0.15, 0.2) is 5.16 Å². The van der Waals surface area contributed by atoms with Gasteiger partial charge in [0.1, 0.15) is 4.83 Å². The van der Waals surface area contributed by atoms with Gasteiger partial charge < -0.3 is 5.32 Å². The molecule has 0 spiro atoms. The topological polar surface area (TPSA) is 64.0 Å². The van der Waals surface area contributed by atoms with E-state index >= 15 is 0 Å². The lowest BCUT2D eigenvalue weighted by molar-refractivity contribution is -0.118. The summed E-state index contributed by atoms with van der Waals surface area (Å²) >= 11 is 2.71. The molecule has 0 unspecified atom stereocenters. The van der Waals surface area contributed by atoms with Crippen LogP contribution in [0.4, 0.5) is 0 Å². The number of rotatable bonds is 6. The van der Waals surface area contributed by atoms with Crippen molar-refractivity contribution in [1.82, 2.24) is 14.9 Å². The molecule has 3 aromatic rings. The second-order valence-corrected chi connectivity index (χ2v) is 8.07. The van der Waals surface area contributed by atoms with Gasteiger partial charge in [-0.2, -0.15) is 0 Å². The van der Waals surface area contributed by atoms with Crippen molar-refractivity contribution >= 4 is 39.2 Å². The Labute approximate surface area is 166 Å². The molecule has 5 nitrogen and oxygen atoms in total. The number of nitrogens with one attached hydrogen (secondary N) is 1. The molecule has 140 valence electrons. The van der Waals surface area contributed by atoms with Gasteiger partial charge in [-0.1, -0.05) is 36.0 Å². The second kappa shape index (κ2) is 8.10. The third-order valence-corrected chi connectivity index (χ3v) is 6.27. The van der Waals surface area contributed by atoms with Crippen molar-refractivity contribution in [2.24, 2.45) is 7.05 Å². The van der Waals surface area contributed by atoms with Crippen molar-refractivity contribution in [1.29, 1.82) is 0 Å². The Morgan fingerprint density at radius 2 is 2.15 bits per heavy atom. The summed E-state index contributed by atoms with van der Waals surface area (Å²) in [5, 5.41) is 5.87. The zero-order chi connectivity index (χ0) is 19.6. The summed E-state index contributed by atoms with van der Waals surface area (Å²) in [6.07, 6.45) is 1.63. The maximum Gasteiger partial charge on any atom is 0.263 e. The summed E-state index contributed by atoms with van der Waals surface area (Å²) in [7, 11) is 1.70. The quantitative estimate of drug-likeness (QED) is 0.390. The first-order valence-corrected chi connectivity index (χ1v) is 10.3. The minimum atomic E-state index is -0.115. The number of fused-ring (bicyclic) bond motifs is 1. The van der Waals surface area contributed by atoms with Gasteiger partial charge in [0.05, 0.1) is 11.1 Å². The molecule has 7 heteroatoms. The lowest BCUT2D eigenvalue weighted by Crippen LogP contribution is -2.26. The summed E-state index contributed by atoms with van der Waals surface area (Å²) in [6.45, 7) is 8.13. The minimum Gasteiger partial charge on any atom is -0.352 e. The molecule has 27 heavy (non-hydrogen) atoms. The average Bonchev–Trinajstić information content (AvgIpc) is 3.08. The molecule has 1 N–H and O–H groups in total.